The zero-order valence-corrected chi connectivity index (χ0v) is 7.74. The summed E-state index contributed by atoms with van der Waals surface area (Å²) in [5.74, 6) is 0. The molecule has 0 radical (unpaired) electrons. The van der Waals surface area contributed by atoms with Gasteiger partial charge in [-0.1, -0.05) is 0 Å². The molecule has 1 aliphatic rings. The third kappa shape index (κ3) is 2.18. The second-order valence-corrected chi connectivity index (χ2v) is 3.53. The molecule has 2 N–H and O–H groups in total. The van der Waals surface area contributed by atoms with Crippen molar-refractivity contribution in [3.05, 3.63) is 24.0 Å². The molecule has 70 valence electrons. The number of anilines is 1. The lowest BCUT2D eigenvalue weighted by Crippen LogP contribution is -2.38. The van der Waals surface area contributed by atoms with Crippen LogP contribution < -0.4 is 5.73 Å². The number of hydrogen-bond donors (Lipinski definition) is 1. The van der Waals surface area contributed by atoms with E-state index in [9.17, 15) is 0 Å². The lowest BCUT2D eigenvalue weighted by molar-refractivity contribution is 0.183. The predicted octanol–water partition coefficient (Wildman–Crippen LogP) is 0.912. The molecule has 0 aromatic carbocycles. The number of aromatic nitrogens is 1. The fourth-order valence-corrected chi connectivity index (χ4v) is 1.46. The number of nitrogen functional groups attached to an aromatic ring is 1. The van der Waals surface area contributed by atoms with E-state index in [1.165, 1.54) is 19.5 Å². The van der Waals surface area contributed by atoms with Gasteiger partial charge in [0.25, 0.3) is 0 Å². The van der Waals surface area contributed by atoms with Crippen LogP contribution in [0.2, 0.25) is 0 Å². The number of rotatable bonds is 3. The molecule has 0 aliphatic carbocycles. The molecular weight excluding hydrogens is 162 g/mol. The van der Waals surface area contributed by atoms with Crippen molar-refractivity contribution >= 4 is 5.69 Å². The predicted molar refractivity (Wildman–Crippen MR) is 53.4 cm³/mol. The van der Waals surface area contributed by atoms with Gasteiger partial charge in [0.15, 0.2) is 0 Å². The Hall–Kier alpha value is -1.09. The van der Waals surface area contributed by atoms with Crippen LogP contribution in [0.25, 0.3) is 0 Å². The molecule has 13 heavy (non-hydrogen) atoms. The molecule has 1 aromatic rings. The van der Waals surface area contributed by atoms with Gasteiger partial charge in [0.2, 0.25) is 0 Å². The van der Waals surface area contributed by atoms with Crippen LogP contribution in [0.1, 0.15) is 12.1 Å². The molecule has 0 atom stereocenters. The molecule has 3 heteroatoms. The van der Waals surface area contributed by atoms with Crippen molar-refractivity contribution in [3.63, 3.8) is 0 Å². The quantitative estimate of drug-likeness (QED) is 0.746. The van der Waals surface area contributed by atoms with E-state index < -0.39 is 0 Å². The minimum atomic E-state index is 0.743. The molecule has 2 rings (SSSR count). The summed E-state index contributed by atoms with van der Waals surface area (Å²) in [4.78, 5) is 6.70. The van der Waals surface area contributed by atoms with Gasteiger partial charge in [-0.05, 0) is 31.6 Å². The van der Waals surface area contributed by atoms with E-state index in [-0.39, 0.29) is 0 Å². The fourth-order valence-electron chi connectivity index (χ4n) is 1.46. The molecule has 2 heterocycles. The topological polar surface area (TPSA) is 42.1 Å². The molecule has 0 saturated carbocycles. The largest absolute Gasteiger partial charge is 0.397 e. The molecular formula is C10H15N3. The minimum absolute atomic E-state index is 0.743. The van der Waals surface area contributed by atoms with Gasteiger partial charge >= 0.3 is 0 Å². The van der Waals surface area contributed by atoms with Gasteiger partial charge in [0.05, 0.1) is 11.9 Å². The van der Waals surface area contributed by atoms with Crippen LogP contribution >= 0.6 is 0 Å². The lowest BCUT2D eigenvalue weighted by atomic mass is 10.2. The van der Waals surface area contributed by atoms with Crippen LogP contribution in [0.5, 0.6) is 0 Å². The molecule has 1 aromatic heterocycles. The van der Waals surface area contributed by atoms with Crippen molar-refractivity contribution in [1.82, 2.24) is 9.88 Å². The maximum absolute atomic E-state index is 5.55. The Kier molecular flexibility index (Phi) is 2.45. The maximum atomic E-state index is 5.55. The van der Waals surface area contributed by atoms with Gasteiger partial charge in [-0.25, -0.2) is 0 Å². The Labute approximate surface area is 78.6 Å². The second-order valence-electron chi connectivity index (χ2n) is 3.53. The number of pyridine rings is 1. The van der Waals surface area contributed by atoms with Gasteiger partial charge in [-0.2, -0.15) is 0 Å². The molecule has 3 nitrogen and oxygen atoms in total. The highest BCUT2D eigenvalue weighted by Crippen LogP contribution is 2.07. The van der Waals surface area contributed by atoms with Crippen molar-refractivity contribution in [1.29, 1.82) is 0 Å². The summed E-state index contributed by atoms with van der Waals surface area (Å²) in [6, 6.07) is 3.92. The van der Waals surface area contributed by atoms with E-state index in [0.29, 0.717) is 0 Å². The highest BCUT2D eigenvalue weighted by molar-refractivity contribution is 5.34. The SMILES string of the molecule is Nc1ccc(CCN2CCC2)nc1. The van der Waals surface area contributed by atoms with Crippen molar-refractivity contribution in [2.45, 2.75) is 12.8 Å². The van der Waals surface area contributed by atoms with Crippen molar-refractivity contribution in [2.24, 2.45) is 0 Å². The molecule has 0 bridgehead atoms. The van der Waals surface area contributed by atoms with Gasteiger partial charge in [-0.15, -0.1) is 0 Å². The number of nitrogens with two attached hydrogens (primary N) is 1. The zero-order chi connectivity index (χ0) is 9.10. The summed E-state index contributed by atoms with van der Waals surface area (Å²) in [6.45, 7) is 3.65. The summed E-state index contributed by atoms with van der Waals surface area (Å²) in [7, 11) is 0. The summed E-state index contributed by atoms with van der Waals surface area (Å²) in [5, 5.41) is 0. The first-order valence-corrected chi connectivity index (χ1v) is 4.77. The average Bonchev–Trinajstić information content (AvgIpc) is 2.05. The smallest absolute Gasteiger partial charge is 0.0501 e. The highest BCUT2D eigenvalue weighted by atomic mass is 15.2. The highest BCUT2D eigenvalue weighted by Gasteiger charge is 2.12. The Bertz CT molecular complexity index is 264. The average molecular weight is 177 g/mol. The third-order valence-corrected chi connectivity index (χ3v) is 2.48. The standard InChI is InChI=1S/C10H15N3/c11-9-2-3-10(12-8-9)4-7-13-5-1-6-13/h2-3,8H,1,4-7,11H2. The number of hydrogen-bond acceptors (Lipinski definition) is 3. The normalized spacial score (nSPS) is 16.9. The molecule has 0 unspecified atom stereocenters. The minimum Gasteiger partial charge on any atom is -0.397 e. The van der Waals surface area contributed by atoms with Crippen LogP contribution in [-0.4, -0.2) is 29.5 Å². The molecule has 0 spiro atoms. The van der Waals surface area contributed by atoms with Gasteiger partial charge < -0.3 is 10.6 Å². The van der Waals surface area contributed by atoms with Crippen LogP contribution in [0.15, 0.2) is 18.3 Å². The van der Waals surface area contributed by atoms with Gasteiger partial charge in [0, 0.05) is 18.7 Å². The summed E-state index contributed by atoms with van der Waals surface area (Å²) >= 11 is 0. The van der Waals surface area contributed by atoms with Crippen molar-refractivity contribution < 1.29 is 0 Å². The van der Waals surface area contributed by atoms with Crippen LogP contribution in [0.4, 0.5) is 5.69 Å². The Morgan fingerprint density at radius 3 is 2.77 bits per heavy atom. The summed E-state index contributed by atoms with van der Waals surface area (Å²) < 4.78 is 0. The van der Waals surface area contributed by atoms with Gasteiger partial charge in [0.1, 0.15) is 0 Å². The first-order chi connectivity index (χ1) is 6.34. The fraction of sp³-hybridized carbons (Fsp3) is 0.500. The third-order valence-electron chi connectivity index (χ3n) is 2.48. The van der Waals surface area contributed by atoms with Crippen molar-refractivity contribution in [2.75, 3.05) is 25.4 Å². The molecule has 1 saturated heterocycles. The van der Waals surface area contributed by atoms with E-state index in [1.807, 2.05) is 12.1 Å². The van der Waals surface area contributed by atoms with Gasteiger partial charge in [-0.3, -0.25) is 4.98 Å². The first-order valence-electron chi connectivity index (χ1n) is 4.77. The second kappa shape index (κ2) is 3.75. The summed E-state index contributed by atoms with van der Waals surface area (Å²) in [6.07, 6.45) is 4.13. The lowest BCUT2D eigenvalue weighted by Gasteiger charge is -2.30. The number of likely N-dealkylation sites (tertiary alicyclic amines) is 1. The van der Waals surface area contributed by atoms with Crippen LogP contribution in [0.3, 0.4) is 0 Å². The maximum Gasteiger partial charge on any atom is 0.0501 e. The van der Waals surface area contributed by atoms with E-state index in [2.05, 4.69) is 9.88 Å². The monoisotopic (exact) mass is 177 g/mol. The van der Waals surface area contributed by atoms with E-state index in [0.717, 1.165) is 24.3 Å². The Balaban J connectivity index is 1.83. The number of nitrogens with zero attached hydrogens (tertiary/aromatic N) is 2. The Morgan fingerprint density at radius 2 is 2.23 bits per heavy atom. The summed E-state index contributed by atoms with van der Waals surface area (Å²) in [5.41, 5.74) is 7.43. The Morgan fingerprint density at radius 1 is 1.38 bits per heavy atom. The molecule has 1 fully saturated rings. The molecule has 0 amide bonds. The zero-order valence-electron chi connectivity index (χ0n) is 7.74. The molecule has 1 aliphatic heterocycles. The van der Waals surface area contributed by atoms with Crippen LogP contribution in [-0.2, 0) is 6.42 Å². The first kappa shape index (κ1) is 8.51. The van der Waals surface area contributed by atoms with E-state index >= 15 is 0 Å². The van der Waals surface area contributed by atoms with E-state index in [1.54, 1.807) is 6.20 Å². The van der Waals surface area contributed by atoms with Crippen molar-refractivity contribution in [3.8, 4) is 0 Å². The van der Waals surface area contributed by atoms with Crippen LogP contribution in [0, 0.1) is 0 Å². The van der Waals surface area contributed by atoms with E-state index in [4.69, 9.17) is 5.73 Å².